The molecular formula is C13H22ClN3. The standard InChI is InChI=1S/C13H22ClN3/c1-4-5-16-13-6-11(12(14)9-17-13)8-15-7-10(2)3/h6,9-10,15H,4-5,7-8H2,1-3H3,(H,16,17). The van der Waals surface area contributed by atoms with Gasteiger partial charge in [0.25, 0.3) is 0 Å². The predicted octanol–water partition coefficient (Wildman–Crippen LogP) is 3.30. The molecule has 1 rings (SSSR count). The summed E-state index contributed by atoms with van der Waals surface area (Å²) in [5, 5.41) is 7.37. The van der Waals surface area contributed by atoms with Gasteiger partial charge in [0, 0.05) is 19.3 Å². The Kier molecular flexibility index (Phi) is 6.30. The van der Waals surface area contributed by atoms with Crippen LogP contribution >= 0.6 is 11.6 Å². The molecule has 2 N–H and O–H groups in total. The van der Waals surface area contributed by atoms with Crippen LogP contribution in [0.15, 0.2) is 12.3 Å². The van der Waals surface area contributed by atoms with E-state index >= 15 is 0 Å². The quantitative estimate of drug-likeness (QED) is 0.785. The fourth-order valence-corrected chi connectivity index (χ4v) is 1.63. The third-order valence-corrected chi connectivity index (χ3v) is 2.70. The summed E-state index contributed by atoms with van der Waals surface area (Å²) in [5.41, 5.74) is 1.10. The minimum atomic E-state index is 0.647. The maximum absolute atomic E-state index is 6.12. The number of rotatable bonds is 7. The largest absolute Gasteiger partial charge is 0.370 e. The molecule has 0 fully saturated rings. The first-order valence-corrected chi connectivity index (χ1v) is 6.60. The van der Waals surface area contributed by atoms with Crippen molar-refractivity contribution in [3.05, 3.63) is 22.8 Å². The summed E-state index contributed by atoms with van der Waals surface area (Å²) < 4.78 is 0. The molecule has 0 saturated heterocycles. The third-order valence-electron chi connectivity index (χ3n) is 2.36. The monoisotopic (exact) mass is 255 g/mol. The maximum atomic E-state index is 6.12. The maximum Gasteiger partial charge on any atom is 0.126 e. The first-order valence-electron chi connectivity index (χ1n) is 6.22. The summed E-state index contributed by atoms with van der Waals surface area (Å²) in [6.45, 7) is 9.24. The molecule has 17 heavy (non-hydrogen) atoms. The van der Waals surface area contributed by atoms with Gasteiger partial charge in [-0.25, -0.2) is 4.98 Å². The highest BCUT2D eigenvalue weighted by atomic mass is 35.5. The fourth-order valence-electron chi connectivity index (χ4n) is 1.46. The minimum Gasteiger partial charge on any atom is -0.370 e. The van der Waals surface area contributed by atoms with Crippen LogP contribution in [-0.2, 0) is 6.54 Å². The molecule has 0 unspecified atom stereocenters. The zero-order chi connectivity index (χ0) is 12.7. The SMILES string of the molecule is CCCNc1cc(CNCC(C)C)c(Cl)cn1. The molecule has 0 atom stereocenters. The van der Waals surface area contributed by atoms with Crippen LogP contribution in [0.3, 0.4) is 0 Å². The highest BCUT2D eigenvalue weighted by Gasteiger charge is 2.03. The van der Waals surface area contributed by atoms with E-state index in [-0.39, 0.29) is 0 Å². The van der Waals surface area contributed by atoms with Gasteiger partial charge in [0.05, 0.1) is 5.02 Å². The molecule has 1 heterocycles. The lowest BCUT2D eigenvalue weighted by molar-refractivity contribution is 0.552. The van der Waals surface area contributed by atoms with Gasteiger partial charge in [0.1, 0.15) is 5.82 Å². The number of nitrogens with zero attached hydrogens (tertiary/aromatic N) is 1. The number of anilines is 1. The molecule has 0 amide bonds. The average Bonchev–Trinajstić information content (AvgIpc) is 2.29. The van der Waals surface area contributed by atoms with E-state index in [0.29, 0.717) is 5.92 Å². The van der Waals surface area contributed by atoms with Crippen molar-refractivity contribution in [1.29, 1.82) is 0 Å². The minimum absolute atomic E-state index is 0.647. The van der Waals surface area contributed by atoms with Crippen molar-refractivity contribution < 1.29 is 0 Å². The van der Waals surface area contributed by atoms with E-state index in [0.717, 1.165) is 42.5 Å². The molecule has 0 radical (unpaired) electrons. The van der Waals surface area contributed by atoms with E-state index in [1.165, 1.54) is 0 Å². The lowest BCUT2D eigenvalue weighted by Crippen LogP contribution is -2.19. The van der Waals surface area contributed by atoms with Crippen LogP contribution < -0.4 is 10.6 Å². The molecule has 0 aliphatic rings. The number of halogens is 1. The number of aromatic nitrogens is 1. The molecule has 0 bridgehead atoms. The van der Waals surface area contributed by atoms with Crippen LogP contribution in [0.1, 0.15) is 32.8 Å². The molecule has 0 aliphatic carbocycles. The van der Waals surface area contributed by atoms with Gasteiger partial charge in [0.2, 0.25) is 0 Å². The highest BCUT2D eigenvalue weighted by Crippen LogP contribution is 2.17. The topological polar surface area (TPSA) is 37.0 Å². The lowest BCUT2D eigenvalue weighted by atomic mass is 10.2. The van der Waals surface area contributed by atoms with Crippen LogP contribution in [0.5, 0.6) is 0 Å². The molecule has 4 heteroatoms. The van der Waals surface area contributed by atoms with Gasteiger partial charge in [-0.05, 0) is 30.5 Å². The van der Waals surface area contributed by atoms with Crippen molar-refractivity contribution in [2.45, 2.75) is 33.7 Å². The van der Waals surface area contributed by atoms with E-state index in [1.54, 1.807) is 6.20 Å². The van der Waals surface area contributed by atoms with Crippen LogP contribution in [0, 0.1) is 5.92 Å². The van der Waals surface area contributed by atoms with Gasteiger partial charge in [-0.15, -0.1) is 0 Å². The fraction of sp³-hybridized carbons (Fsp3) is 0.615. The van der Waals surface area contributed by atoms with Crippen LogP contribution in [-0.4, -0.2) is 18.1 Å². The van der Waals surface area contributed by atoms with Crippen LogP contribution in [0.25, 0.3) is 0 Å². The zero-order valence-electron chi connectivity index (χ0n) is 10.9. The molecule has 0 aromatic carbocycles. The van der Waals surface area contributed by atoms with Crippen molar-refractivity contribution in [3.63, 3.8) is 0 Å². The van der Waals surface area contributed by atoms with E-state index < -0.39 is 0 Å². The molecule has 1 aromatic heterocycles. The smallest absolute Gasteiger partial charge is 0.126 e. The van der Waals surface area contributed by atoms with Crippen molar-refractivity contribution in [2.24, 2.45) is 5.92 Å². The Balaban J connectivity index is 2.56. The van der Waals surface area contributed by atoms with Gasteiger partial charge in [-0.3, -0.25) is 0 Å². The Bertz CT molecular complexity index is 339. The van der Waals surface area contributed by atoms with Crippen molar-refractivity contribution in [3.8, 4) is 0 Å². The summed E-state index contributed by atoms with van der Waals surface area (Å²) in [5.74, 6) is 1.55. The van der Waals surface area contributed by atoms with Gasteiger partial charge >= 0.3 is 0 Å². The van der Waals surface area contributed by atoms with E-state index in [9.17, 15) is 0 Å². The Morgan fingerprint density at radius 2 is 2.18 bits per heavy atom. The molecule has 3 nitrogen and oxygen atoms in total. The molecule has 0 saturated carbocycles. The van der Waals surface area contributed by atoms with Crippen molar-refractivity contribution >= 4 is 17.4 Å². The molecule has 96 valence electrons. The Morgan fingerprint density at radius 3 is 2.82 bits per heavy atom. The number of hydrogen-bond acceptors (Lipinski definition) is 3. The third kappa shape index (κ3) is 5.37. The van der Waals surface area contributed by atoms with Crippen LogP contribution in [0.2, 0.25) is 5.02 Å². The highest BCUT2D eigenvalue weighted by molar-refractivity contribution is 6.31. The summed E-state index contributed by atoms with van der Waals surface area (Å²) >= 11 is 6.12. The lowest BCUT2D eigenvalue weighted by Gasteiger charge is -2.10. The van der Waals surface area contributed by atoms with Gasteiger partial charge in [-0.2, -0.15) is 0 Å². The number of hydrogen-bond donors (Lipinski definition) is 2. The summed E-state index contributed by atoms with van der Waals surface area (Å²) in [6, 6.07) is 2.02. The Labute approximate surface area is 109 Å². The Morgan fingerprint density at radius 1 is 1.41 bits per heavy atom. The van der Waals surface area contributed by atoms with Gasteiger partial charge < -0.3 is 10.6 Å². The molecule has 1 aromatic rings. The van der Waals surface area contributed by atoms with E-state index in [1.807, 2.05) is 6.07 Å². The summed E-state index contributed by atoms with van der Waals surface area (Å²) in [6.07, 6.45) is 2.80. The van der Waals surface area contributed by atoms with Crippen molar-refractivity contribution in [1.82, 2.24) is 10.3 Å². The van der Waals surface area contributed by atoms with Crippen molar-refractivity contribution in [2.75, 3.05) is 18.4 Å². The second-order valence-corrected chi connectivity index (χ2v) is 5.02. The van der Waals surface area contributed by atoms with Gasteiger partial charge in [0.15, 0.2) is 0 Å². The predicted molar refractivity (Wildman–Crippen MR) is 74.6 cm³/mol. The number of nitrogens with one attached hydrogen (secondary N) is 2. The molecule has 0 aliphatic heterocycles. The van der Waals surface area contributed by atoms with E-state index in [2.05, 4.69) is 36.4 Å². The Hall–Kier alpha value is -0.800. The normalized spacial score (nSPS) is 10.9. The number of pyridine rings is 1. The zero-order valence-corrected chi connectivity index (χ0v) is 11.6. The second-order valence-electron chi connectivity index (χ2n) is 4.61. The molecular weight excluding hydrogens is 234 g/mol. The second kappa shape index (κ2) is 7.51. The molecule has 0 spiro atoms. The van der Waals surface area contributed by atoms with Gasteiger partial charge in [-0.1, -0.05) is 32.4 Å². The van der Waals surface area contributed by atoms with Crippen LogP contribution in [0.4, 0.5) is 5.82 Å². The van der Waals surface area contributed by atoms with E-state index in [4.69, 9.17) is 11.6 Å². The summed E-state index contributed by atoms with van der Waals surface area (Å²) in [7, 11) is 0. The average molecular weight is 256 g/mol. The first-order chi connectivity index (χ1) is 8.13. The summed E-state index contributed by atoms with van der Waals surface area (Å²) in [4.78, 5) is 4.25. The first kappa shape index (κ1) is 14.3.